The van der Waals surface area contributed by atoms with Crippen LogP contribution >= 0.6 is 11.6 Å². The second kappa shape index (κ2) is 6.50. The quantitative estimate of drug-likeness (QED) is 0.769. The van der Waals surface area contributed by atoms with Crippen molar-refractivity contribution in [2.45, 2.75) is 0 Å². The standard InChI is InChI=1S/C16H13ClN4O2/c1-23-15-3-2-11(8-12(15)17)19-16(22)14-9-13(20-21-14)10-4-6-18-7-5-10/h2-9H,1H3,(H,19,22)(H,20,21). The van der Waals surface area contributed by atoms with Gasteiger partial charge in [-0.25, -0.2) is 0 Å². The largest absolute Gasteiger partial charge is 0.495 e. The van der Waals surface area contributed by atoms with Crippen molar-refractivity contribution in [1.29, 1.82) is 0 Å². The molecule has 0 radical (unpaired) electrons. The van der Waals surface area contributed by atoms with Crippen LogP contribution in [0.25, 0.3) is 11.3 Å². The second-order valence-corrected chi connectivity index (χ2v) is 5.11. The van der Waals surface area contributed by atoms with Gasteiger partial charge in [0.05, 0.1) is 17.8 Å². The Morgan fingerprint density at radius 1 is 1.22 bits per heavy atom. The number of amides is 1. The first-order chi connectivity index (χ1) is 11.2. The molecule has 23 heavy (non-hydrogen) atoms. The summed E-state index contributed by atoms with van der Waals surface area (Å²) in [7, 11) is 1.53. The molecule has 3 rings (SSSR count). The van der Waals surface area contributed by atoms with Crippen molar-refractivity contribution < 1.29 is 9.53 Å². The predicted octanol–water partition coefficient (Wildman–Crippen LogP) is 3.39. The summed E-state index contributed by atoms with van der Waals surface area (Å²) in [6.07, 6.45) is 3.34. The minimum Gasteiger partial charge on any atom is -0.495 e. The van der Waals surface area contributed by atoms with Gasteiger partial charge >= 0.3 is 0 Å². The van der Waals surface area contributed by atoms with Crippen molar-refractivity contribution in [3.63, 3.8) is 0 Å². The number of H-pyrrole nitrogens is 1. The average molecular weight is 329 g/mol. The summed E-state index contributed by atoms with van der Waals surface area (Å²) in [6.45, 7) is 0. The number of carbonyl (C=O) groups excluding carboxylic acids is 1. The molecule has 0 aliphatic heterocycles. The normalized spacial score (nSPS) is 10.3. The van der Waals surface area contributed by atoms with Crippen LogP contribution in [0.2, 0.25) is 5.02 Å². The van der Waals surface area contributed by atoms with E-state index in [4.69, 9.17) is 16.3 Å². The van der Waals surface area contributed by atoms with Crippen molar-refractivity contribution in [3.8, 4) is 17.0 Å². The number of nitrogens with zero attached hydrogens (tertiary/aromatic N) is 2. The van der Waals surface area contributed by atoms with E-state index < -0.39 is 0 Å². The van der Waals surface area contributed by atoms with Crippen LogP contribution in [-0.4, -0.2) is 28.2 Å². The number of aromatic amines is 1. The third-order valence-corrected chi connectivity index (χ3v) is 3.50. The van der Waals surface area contributed by atoms with Crippen LogP contribution in [0.5, 0.6) is 5.75 Å². The number of hydrogen-bond acceptors (Lipinski definition) is 4. The predicted molar refractivity (Wildman–Crippen MR) is 87.8 cm³/mol. The maximum absolute atomic E-state index is 12.3. The summed E-state index contributed by atoms with van der Waals surface area (Å²) >= 11 is 6.04. The fourth-order valence-electron chi connectivity index (χ4n) is 2.05. The number of pyridine rings is 1. The molecule has 2 heterocycles. The molecule has 0 aliphatic rings. The van der Waals surface area contributed by atoms with Crippen LogP contribution in [0.1, 0.15) is 10.5 Å². The molecule has 1 aromatic carbocycles. The van der Waals surface area contributed by atoms with Crippen molar-refractivity contribution in [2.75, 3.05) is 12.4 Å². The monoisotopic (exact) mass is 328 g/mol. The van der Waals surface area contributed by atoms with Crippen molar-refractivity contribution in [1.82, 2.24) is 15.2 Å². The summed E-state index contributed by atoms with van der Waals surface area (Å²) in [5.74, 6) is 0.241. The molecule has 6 nitrogen and oxygen atoms in total. The Morgan fingerprint density at radius 2 is 2.00 bits per heavy atom. The van der Waals surface area contributed by atoms with Gasteiger partial charge < -0.3 is 10.1 Å². The molecular weight excluding hydrogens is 316 g/mol. The maximum atomic E-state index is 12.3. The van der Waals surface area contributed by atoms with Gasteiger partial charge in [-0.1, -0.05) is 11.6 Å². The SMILES string of the molecule is COc1ccc(NC(=O)c2cc(-c3ccncc3)n[nH]2)cc1Cl. The molecule has 0 atom stereocenters. The zero-order valence-electron chi connectivity index (χ0n) is 12.2. The second-order valence-electron chi connectivity index (χ2n) is 4.71. The van der Waals surface area contributed by atoms with E-state index in [0.29, 0.717) is 27.8 Å². The molecule has 116 valence electrons. The number of aromatic nitrogens is 3. The number of anilines is 1. The Kier molecular flexibility index (Phi) is 4.25. The topological polar surface area (TPSA) is 79.9 Å². The van der Waals surface area contributed by atoms with E-state index in [1.165, 1.54) is 7.11 Å². The Balaban J connectivity index is 1.76. The van der Waals surface area contributed by atoms with Gasteiger partial charge in [0.1, 0.15) is 11.4 Å². The molecule has 0 bridgehead atoms. The molecule has 0 saturated heterocycles. The van der Waals surface area contributed by atoms with E-state index in [1.807, 2.05) is 12.1 Å². The average Bonchev–Trinajstić information content (AvgIpc) is 3.06. The Hall–Kier alpha value is -2.86. The van der Waals surface area contributed by atoms with E-state index in [1.54, 1.807) is 36.7 Å². The summed E-state index contributed by atoms with van der Waals surface area (Å²) in [5.41, 5.74) is 2.47. The van der Waals surface area contributed by atoms with Gasteiger partial charge in [0.25, 0.3) is 5.91 Å². The van der Waals surface area contributed by atoms with Gasteiger partial charge in [-0.2, -0.15) is 5.10 Å². The van der Waals surface area contributed by atoms with E-state index in [0.717, 1.165) is 5.56 Å². The summed E-state index contributed by atoms with van der Waals surface area (Å²) in [4.78, 5) is 16.2. The lowest BCUT2D eigenvalue weighted by Gasteiger charge is -2.07. The molecule has 2 aromatic heterocycles. The number of benzene rings is 1. The lowest BCUT2D eigenvalue weighted by atomic mass is 10.2. The molecule has 1 amide bonds. The summed E-state index contributed by atoms with van der Waals surface area (Å²) in [6, 6.07) is 10.3. The van der Waals surface area contributed by atoms with Gasteiger partial charge in [0, 0.05) is 23.6 Å². The lowest BCUT2D eigenvalue weighted by molar-refractivity contribution is 0.102. The van der Waals surface area contributed by atoms with Crippen LogP contribution < -0.4 is 10.1 Å². The highest BCUT2D eigenvalue weighted by Gasteiger charge is 2.12. The number of halogens is 1. The van der Waals surface area contributed by atoms with Gasteiger partial charge in [0.2, 0.25) is 0 Å². The molecule has 0 spiro atoms. The van der Waals surface area contributed by atoms with E-state index in [2.05, 4.69) is 20.5 Å². The van der Waals surface area contributed by atoms with Crippen LogP contribution in [0.3, 0.4) is 0 Å². The first-order valence-corrected chi connectivity index (χ1v) is 7.16. The molecule has 0 fully saturated rings. The van der Waals surface area contributed by atoms with Gasteiger partial charge in [0.15, 0.2) is 0 Å². The van der Waals surface area contributed by atoms with Crippen molar-refractivity contribution in [3.05, 3.63) is 59.5 Å². The number of rotatable bonds is 4. The molecule has 3 aromatic rings. The Morgan fingerprint density at radius 3 is 2.70 bits per heavy atom. The van der Waals surface area contributed by atoms with Crippen LogP contribution in [0.15, 0.2) is 48.8 Å². The maximum Gasteiger partial charge on any atom is 0.273 e. The number of ether oxygens (including phenoxy) is 1. The molecule has 0 unspecified atom stereocenters. The van der Waals surface area contributed by atoms with Crippen molar-refractivity contribution in [2.24, 2.45) is 0 Å². The van der Waals surface area contributed by atoms with E-state index >= 15 is 0 Å². The summed E-state index contributed by atoms with van der Waals surface area (Å²) in [5, 5.41) is 10.0. The zero-order valence-corrected chi connectivity index (χ0v) is 13.0. The Labute approximate surface area is 137 Å². The molecule has 0 aliphatic carbocycles. The minimum atomic E-state index is -0.306. The number of carbonyl (C=O) groups is 1. The van der Waals surface area contributed by atoms with Gasteiger partial charge in [-0.3, -0.25) is 14.9 Å². The minimum absolute atomic E-state index is 0.306. The van der Waals surface area contributed by atoms with Crippen LogP contribution in [0, 0.1) is 0 Å². The highest BCUT2D eigenvalue weighted by molar-refractivity contribution is 6.32. The van der Waals surface area contributed by atoms with Gasteiger partial charge in [-0.15, -0.1) is 0 Å². The van der Waals surface area contributed by atoms with Gasteiger partial charge in [-0.05, 0) is 36.4 Å². The lowest BCUT2D eigenvalue weighted by Crippen LogP contribution is -2.12. The third-order valence-electron chi connectivity index (χ3n) is 3.21. The number of methoxy groups -OCH3 is 1. The van der Waals surface area contributed by atoms with Crippen molar-refractivity contribution >= 4 is 23.2 Å². The molecule has 2 N–H and O–H groups in total. The van der Waals surface area contributed by atoms with E-state index in [-0.39, 0.29) is 5.91 Å². The molecule has 0 saturated carbocycles. The molecular formula is C16H13ClN4O2. The summed E-state index contributed by atoms with van der Waals surface area (Å²) < 4.78 is 5.08. The first-order valence-electron chi connectivity index (χ1n) is 6.78. The highest BCUT2D eigenvalue weighted by atomic mass is 35.5. The zero-order chi connectivity index (χ0) is 16.2. The van der Waals surface area contributed by atoms with Crippen LogP contribution in [-0.2, 0) is 0 Å². The number of hydrogen-bond donors (Lipinski definition) is 2. The molecule has 7 heteroatoms. The third kappa shape index (κ3) is 3.32. The Bertz CT molecular complexity index is 833. The first kappa shape index (κ1) is 15.1. The smallest absolute Gasteiger partial charge is 0.273 e. The van der Waals surface area contributed by atoms with Crippen LogP contribution in [0.4, 0.5) is 5.69 Å². The highest BCUT2D eigenvalue weighted by Crippen LogP contribution is 2.27. The number of nitrogens with one attached hydrogen (secondary N) is 2. The van der Waals surface area contributed by atoms with E-state index in [9.17, 15) is 4.79 Å². The fraction of sp³-hybridized carbons (Fsp3) is 0.0625. The fourth-order valence-corrected chi connectivity index (χ4v) is 2.31.